The van der Waals surface area contributed by atoms with Crippen molar-refractivity contribution in [1.29, 1.82) is 0 Å². The van der Waals surface area contributed by atoms with Crippen LogP contribution in [0.15, 0.2) is 125 Å². The minimum atomic E-state index is -4.62. The van der Waals surface area contributed by atoms with Gasteiger partial charge in [-0.25, -0.2) is 13.1 Å². The first-order valence-electron chi connectivity index (χ1n) is 21.5. The van der Waals surface area contributed by atoms with Crippen LogP contribution >= 0.6 is 23.4 Å². The molecule has 0 radical (unpaired) electrons. The van der Waals surface area contributed by atoms with Crippen LogP contribution in [0.1, 0.15) is 41.6 Å². The lowest BCUT2D eigenvalue weighted by Crippen LogP contribution is -2.46. The number of amides is 2. The van der Waals surface area contributed by atoms with Gasteiger partial charge in [0, 0.05) is 78.9 Å². The molecular formula is C48H54ClN7O8S2. The van der Waals surface area contributed by atoms with E-state index in [1.54, 1.807) is 17.8 Å². The van der Waals surface area contributed by atoms with Crippen LogP contribution in [-0.4, -0.2) is 107 Å². The summed E-state index contributed by atoms with van der Waals surface area (Å²) in [4.78, 5) is 57.4. The van der Waals surface area contributed by atoms with E-state index in [1.807, 2.05) is 85.7 Å². The van der Waals surface area contributed by atoms with Crippen LogP contribution in [0.5, 0.6) is 0 Å². The van der Waals surface area contributed by atoms with Crippen molar-refractivity contribution in [3.63, 3.8) is 0 Å². The lowest BCUT2D eigenvalue weighted by Gasteiger charge is -2.37. The number of rotatable bonds is 21. The van der Waals surface area contributed by atoms with Gasteiger partial charge in [0.1, 0.15) is 5.69 Å². The third-order valence-corrected chi connectivity index (χ3v) is 13.8. The van der Waals surface area contributed by atoms with Gasteiger partial charge in [0.15, 0.2) is 0 Å². The third-order valence-electron chi connectivity index (χ3n) is 11.0. The molecule has 3 N–H and O–H groups in total. The Balaban J connectivity index is 1.17. The molecular weight excluding hydrogens is 902 g/mol. The first-order valence-corrected chi connectivity index (χ1v) is 24.3. The Bertz CT molecular complexity index is 2590. The van der Waals surface area contributed by atoms with E-state index in [9.17, 15) is 32.9 Å². The lowest BCUT2D eigenvalue weighted by atomic mass is 9.99. The van der Waals surface area contributed by atoms with Gasteiger partial charge in [0.2, 0.25) is 5.91 Å². The predicted octanol–water partition coefficient (Wildman–Crippen LogP) is 8.16. The Hall–Kier alpha value is -5.98. The number of ether oxygens (including phenoxy) is 1. The number of nitro groups is 1. The molecule has 66 heavy (non-hydrogen) atoms. The number of hydrogen-bond donors (Lipinski definition) is 3. The number of thioether (sulfide) groups is 1. The fraction of sp³-hybridized carbons (Fsp3) is 0.312. The fourth-order valence-corrected chi connectivity index (χ4v) is 9.57. The average Bonchev–Trinajstić information content (AvgIpc) is 3.30. The normalized spacial score (nSPS) is 13.5. The summed E-state index contributed by atoms with van der Waals surface area (Å²) in [6.07, 6.45) is 0.921. The van der Waals surface area contributed by atoms with E-state index in [-0.39, 0.29) is 42.2 Å². The first kappa shape index (κ1) is 49.5. The number of anilines is 3. The number of benzene rings is 5. The molecule has 1 heterocycles. The maximum absolute atomic E-state index is 13.7. The van der Waals surface area contributed by atoms with Crippen LogP contribution in [0.4, 0.5) is 22.7 Å². The minimum Gasteiger partial charge on any atom is -0.469 e. The number of hydrogen-bond acceptors (Lipinski definition) is 13. The summed E-state index contributed by atoms with van der Waals surface area (Å²) < 4.78 is 34.2. The topological polar surface area (TPSA) is 184 Å². The second-order valence-electron chi connectivity index (χ2n) is 16.1. The van der Waals surface area contributed by atoms with Crippen molar-refractivity contribution in [3.05, 3.63) is 142 Å². The highest BCUT2D eigenvalue weighted by molar-refractivity contribution is 7.99. The molecule has 2 amide bonds. The molecule has 0 saturated carbocycles. The van der Waals surface area contributed by atoms with Crippen LogP contribution in [0.25, 0.3) is 11.1 Å². The fourth-order valence-electron chi connectivity index (χ4n) is 7.45. The number of methoxy groups -OCH3 is 1. The highest BCUT2D eigenvalue weighted by Gasteiger charge is 2.27. The number of sulfonamides is 1. The molecule has 0 spiro atoms. The van der Waals surface area contributed by atoms with Gasteiger partial charge in [-0.1, -0.05) is 66.2 Å². The van der Waals surface area contributed by atoms with Gasteiger partial charge in [0.25, 0.3) is 21.6 Å². The number of piperazine rings is 1. The number of nitrogens with zero attached hydrogens (tertiary/aromatic N) is 4. The zero-order valence-corrected chi connectivity index (χ0v) is 39.5. The van der Waals surface area contributed by atoms with Crippen molar-refractivity contribution in [2.45, 2.75) is 48.1 Å². The van der Waals surface area contributed by atoms with Gasteiger partial charge in [-0.2, -0.15) is 0 Å². The molecule has 0 aliphatic carbocycles. The second kappa shape index (κ2) is 23.5. The quantitative estimate of drug-likeness (QED) is 0.0277. The molecule has 5 aromatic carbocycles. The maximum atomic E-state index is 13.7. The maximum Gasteiger partial charge on any atom is 0.305 e. The molecule has 6 rings (SSSR count). The number of carbonyl (C=O) groups excluding carboxylic acids is 3. The van der Waals surface area contributed by atoms with Crippen molar-refractivity contribution in [3.8, 4) is 11.1 Å². The van der Waals surface area contributed by atoms with Gasteiger partial charge in [-0.05, 0) is 105 Å². The summed E-state index contributed by atoms with van der Waals surface area (Å²) >= 11 is 7.75. The molecule has 5 aromatic rings. The Morgan fingerprint density at radius 1 is 0.879 bits per heavy atom. The molecule has 0 aromatic heterocycles. The van der Waals surface area contributed by atoms with E-state index < -0.39 is 43.3 Å². The van der Waals surface area contributed by atoms with Crippen molar-refractivity contribution in [2.75, 3.05) is 75.2 Å². The Kier molecular flexibility index (Phi) is 17.6. The standard InChI is InChI=1S/C48H54ClN7O8S2/c1-53(2)25-24-38(33-65-39-11-5-4-6-12-39)50-42-22-21-40(31-45(42)56(60)61)66(62,63)52-48(59)35-18-23-44(43(30-35)51-46(57)14-9-15-47(58)64-3)55-28-26-54(27-29-55)32-36-10-7-8-13-41(36)34-16-19-37(49)20-17-34/h4-8,10-13,16-23,30-31,38,50H,9,14-15,24-29,32-33H2,1-3H3,(H,51,57)(H,52,59). The number of nitrogens with one attached hydrogen (secondary N) is 3. The molecule has 0 bridgehead atoms. The smallest absolute Gasteiger partial charge is 0.305 e. The second-order valence-corrected chi connectivity index (χ2v) is 19.3. The first-order chi connectivity index (χ1) is 31.7. The third kappa shape index (κ3) is 14.0. The van der Waals surface area contributed by atoms with Crippen LogP contribution in [0, 0.1) is 10.1 Å². The van der Waals surface area contributed by atoms with Gasteiger partial charge < -0.3 is 25.2 Å². The summed E-state index contributed by atoms with van der Waals surface area (Å²) in [5, 5.41) is 19.2. The lowest BCUT2D eigenvalue weighted by molar-refractivity contribution is -0.384. The predicted molar refractivity (Wildman–Crippen MR) is 261 cm³/mol. The van der Waals surface area contributed by atoms with E-state index >= 15 is 0 Å². The van der Waals surface area contributed by atoms with Crippen molar-refractivity contribution >= 4 is 73.9 Å². The van der Waals surface area contributed by atoms with Crippen LogP contribution in [0.3, 0.4) is 0 Å². The largest absolute Gasteiger partial charge is 0.469 e. The van der Waals surface area contributed by atoms with Crippen molar-refractivity contribution in [1.82, 2.24) is 14.5 Å². The summed E-state index contributed by atoms with van der Waals surface area (Å²) in [6.45, 7) is 3.95. The van der Waals surface area contributed by atoms with Crippen molar-refractivity contribution in [2.24, 2.45) is 0 Å². The summed E-state index contributed by atoms with van der Waals surface area (Å²) in [7, 11) is 0.531. The average molecular weight is 957 g/mol. The summed E-state index contributed by atoms with van der Waals surface area (Å²) in [5.74, 6) is -1.27. The van der Waals surface area contributed by atoms with Gasteiger partial charge in [-0.3, -0.25) is 29.4 Å². The summed E-state index contributed by atoms with van der Waals surface area (Å²) in [6, 6.07) is 33.6. The molecule has 1 atom stereocenters. The number of nitro benzene ring substituents is 1. The van der Waals surface area contributed by atoms with Crippen LogP contribution in [0.2, 0.25) is 5.02 Å². The van der Waals surface area contributed by atoms with Gasteiger partial charge in [-0.15, -0.1) is 11.8 Å². The van der Waals surface area contributed by atoms with Crippen molar-refractivity contribution < 1.29 is 32.5 Å². The molecule has 1 aliphatic rings. The molecule has 1 saturated heterocycles. The molecule has 18 heteroatoms. The Morgan fingerprint density at radius 3 is 2.29 bits per heavy atom. The molecule has 15 nitrogen and oxygen atoms in total. The van der Waals surface area contributed by atoms with E-state index in [1.165, 1.54) is 36.9 Å². The number of halogens is 1. The van der Waals surface area contributed by atoms with E-state index in [4.69, 9.17) is 16.3 Å². The van der Waals surface area contributed by atoms with Crippen LogP contribution in [-0.2, 0) is 30.9 Å². The van der Waals surface area contributed by atoms with E-state index in [0.717, 1.165) is 22.1 Å². The van der Waals surface area contributed by atoms with Gasteiger partial charge in [0.05, 0.1) is 28.3 Å². The SMILES string of the molecule is COC(=O)CCCC(=O)Nc1cc(C(=O)NS(=O)(=O)c2ccc(NC(CCN(C)C)CSc3ccccc3)c([N+](=O)[O-])c2)ccc1N1CCN(Cc2ccccc2-c2ccc(Cl)cc2)CC1. The number of esters is 1. The van der Waals surface area contributed by atoms with E-state index in [0.29, 0.717) is 62.2 Å². The zero-order chi connectivity index (χ0) is 47.2. The highest BCUT2D eigenvalue weighted by Crippen LogP contribution is 2.33. The Morgan fingerprint density at radius 2 is 1.59 bits per heavy atom. The van der Waals surface area contributed by atoms with Crippen LogP contribution < -0.4 is 20.3 Å². The highest BCUT2D eigenvalue weighted by atomic mass is 35.5. The minimum absolute atomic E-state index is 0.00789. The molecule has 348 valence electrons. The molecule has 1 fully saturated rings. The zero-order valence-electron chi connectivity index (χ0n) is 37.1. The number of carbonyl (C=O) groups is 3. The van der Waals surface area contributed by atoms with Gasteiger partial charge >= 0.3 is 5.97 Å². The van der Waals surface area contributed by atoms with E-state index in [2.05, 4.69) is 37.3 Å². The monoisotopic (exact) mass is 955 g/mol. The summed E-state index contributed by atoms with van der Waals surface area (Å²) in [5.41, 5.74) is 3.87. The Labute approximate surface area is 395 Å². The molecule has 1 aliphatic heterocycles. The molecule has 1 unspecified atom stereocenters.